The van der Waals surface area contributed by atoms with Crippen molar-refractivity contribution in [2.45, 2.75) is 53.4 Å². The molecule has 0 spiro atoms. The van der Waals surface area contributed by atoms with Crippen LogP contribution in [0.4, 0.5) is 0 Å². The SMILES string of the molecule is CCN(C)CCCCC(C)(C)CC. The molecule has 0 bridgehead atoms. The zero-order chi connectivity index (χ0) is 10.3. The molecule has 0 heterocycles. The third-order valence-electron chi connectivity index (χ3n) is 3.14. The number of hydrogen-bond donors (Lipinski definition) is 0. The molecule has 0 fully saturated rings. The average molecular weight is 185 g/mol. The van der Waals surface area contributed by atoms with Gasteiger partial charge in [-0.2, -0.15) is 0 Å². The van der Waals surface area contributed by atoms with Crippen molar-refractivity contribution in [1.82, 2.24) is 4.90 Å². The van der Waals surface area contributed by atoms with E-state index >= 15 is 0 Å². The molecule has 80 valence electrons. The molecule has 0 saturated heterocycles. The molecule has 0 aliphatic heterocycles. The van der Waals surface area contributed by atoms with Crippen molar-refractivity contribution in [3.63, 3.8) is 0 Å². The van der Waals surface area contributed by atoms with Crippen molar-refractivity contribution in [1.29, 1.82) is 0 Å². The van der Waals surface area contributed by atoms with Crippen LogP contribution >= 0.6 is 0 Å². The summed E-state index contributed by atoms with van der Waals surface area (Å²) in [7, 11) is 2.20. The minimum Gasteiger partial charge on any atom is -0.307 e. The Morgan fingerprint density at radius 2 is 1.69 bits per heavy atom. The molecule has 0 aromatic heterocycles. The van der Waals surface area contributed by atoms with E-state index in [1.165, 1.54) is 38.8 Å². The maximum absolute atomic E-state index is 2.39. The van der Waals surface area contributed by atoms with E-state index in [0.29, 0.717) is 5.41 Å². The average Bonchev–Trinajstić information content (AvgIpc) is 2.12. The lowest BCUT2D eigenvalue weighted by Crippen LogP contribution is -2.19. The van der Waals surface area contributed by atoms with Gasteiger partial charge in [0, 0.05) is 0 Å². The first kappa shape index (κ1) is 13.0. The highest BCUT2D eigenvalue weighted by Crippen LogP contribution is 2.26. The summed E-state index contributed by atoms with van der Waals surface area (Å²) < 4.78 is 0. The summed E-state index contributed by atoms with van der Waals surface area (Å²) in [6.45, 7) is 11.7. The number of rotatable bonds is 7. The van der Waals surface area contributed by atoms with Crippen molar-refractivity contribution in [2.24, 2.45) is 5.41 Å². The summed E-state index contributed by atoms with van der Waals surface area (Å²) in [5, 5.41) is 0. The Labute approximate surface area is 84.5 Å². The van der Waals surface area contributed by atoms with E-state index in [-0.39, 0.29) is 0 Å². The van der Waals surface area contributed by atoms with Crippen molar-refractivity contribution in [2.75, 3.05) is 20.1 Å². The maximum atomic E-state index is 2.39. The predicted molar refractivity (Wildman–Crippen MR) is 61.1 cm³/mol. The lowest BCUT2D eigenvalue weighted by atomic mass is 9.85. The van der Waals surface area contributed by atoms with Gasteiger partial charge in [-0.1, -0.05) is 40.5 Å². The normalized spacial score (nSPS) is 12.5. The monoisotopic (exact) mass is 185 g/mol. The quantitative estimate of drug-likeness (QED) is 0.548. The van der Waals surface area contributed by atoms with E-state index in [4.69, 9.17) is 0 Å². The minimum absolute atomic E-state index is 0.560. The van der Waals surface area contributed by atoms with E-state index in [2.05, 4.69) is 39.6 Å². The third-order valence-corrected chi connectivity index (χ3v) is 3.14. The highest BCUT2D eigenvalue weighted by atomic mass is 15.1. The van der Waals surface area contributed by atoms with Crippen LogP contribution in [-0.4, -0.2) is 25.0 Å². The molecule has 1 nitrogen and oxygen atoms in total. The fourth-order valence-electron chi connectivity index (χ4n) is 1.32. The van der Waals surface area contributed by atoms with Gasteiger partial charge in [-0.3, -0.25) is 0 Å². The molecule has 0 rings (SSSR count). The van der Waals surface area contributed by atoms with Gasteiger partial charge in [-0.15, -0.1) is 0 Å². The standard InChI is InChI=1S/C12H27N/c1-6-12(3,4)10-8-9-11-13(5)7-2/h6-11H2,1-5H3. The molecule has 0 radical (unpaired) electrons. The van der Waals surface area contributed by atoms with Crippen molar-refractivity contribution in [3.8, 4) is 0 Å². The molecule has 0 aromatic carbocycles. The number of unbranched alkanes of at least 4 members (excludes halogenated alkanes) is 1. The molecule has 0 N–H and O–H groups in total. The molecule has 0 aliphatic carbocycles. The molecular formula is C12H27N. The Morgan fingerprint density at radius 3 is 2.15 bits per heavy atom. The highest BCUT2D eigenvalue weighted by molar-refractivity contribution is 4.66. The van der Waals surface area contributed by atoms with Gasteiger partial charge in [0.15, 0.2) is 0 Å². The highest BCUT2D eigenvalue weighted by Gasteiger charge is 2.13. The Balaban J connectivity index is 3.35. The van der Waals surface area contributed by atoms with Gasteiger partial charge in [0.1, 0.15) is 0 Å². The second kappa shape index (κ2) is 6.42. The second-order valence-corrected chi connectivity index (χ2v) is 4.87. The summed E-state index contributed by atoms with van der Waals surface area (Å²) in [4.78, 5) is 2.39. The first-order chi connectivity index (χ1) is 6.02. The van der Waals surface area contributed by atoms with Crippen LogP contribution in [0.25, 0.3) is 0 Å². The largest absolute Gasteiger partial charge is 0.307 e. The van der Waals surface area contributed by atoms with Crippen molar-refractivity contribution < 1.29 is 0 Å². The van der Waals surface area contributed by atoms with Crippen LogP contribution in [0.3, 0.4) is 0 Å². The lowest BCUT2D eigenvalue weighted by Gasteiger charge is -2.23. The summed E-state index contributed by atoms with van der Waals surface area (Å²) in [6.07, 6.45) is 5.41. The molecule has 0 saturated carbocycles. The lowest BCUT2D eigenvalue weighted by molar-refractivity contribution is 0.287. The molecule has 0 unspecified atom stereocenters. The topological polar surface area (TPSA) is 3.24 Å². The molecule has 1 heteroatoms. The van der Waals surface area contributed by atoms with E-state index < -0.39 is 0 Å². The Bertz CT molecular complexity index is 118. The summed E-state index contributed by atoms with van der Waals surface area (Å²) in [6, 6.07) is 0. The second-order valence-electron chi connectivity index (χ2n) is 4.87. The molecule has 0 atom stereocenters. The fraction of sp³-hybridized carbons (Fsp3) is 1.00. The zero-order valence-electron chi connectivity index (χ0n) is 10.2. The number of hydrogen-bond acceptors (Lipinski definition) is 1. The van der Waals surface area contributed by atoms with Crippen LogP contribution in [0.1, 0.15) is 53.4 Å². The Kier molecular flexibility index (Phi) is 6.40. The van der Waals surface area contributed by atoms with E-state index in [0.717, 1.165) is 0 Å². The van der Waals surface area contributed by atoms with E-state index in [9.17, 15) is 0 Å². The van der Waals surface area contributed by atoms with Gasteiger partial charge in [0.2, 0.25) is 0 Å². The Morgan fingerprint density at radius 1 is 1.08 bits per heavy atom. The van der Waals surface area contributed by atoms with Crippen LogP contribution in [0.2, 0.25) is 0 Å². The molecule has 13 heavy (non-hydrogen) atoms. The van der Waals surface area contributed by atoms with Gasteiger partial charge >= 0.3 is 0 Å². The zero-order valence-corrected chi connectivity index (χ0v) is 10.2. The van der Waals surface area contributed by atoms with E-state index in [1.807, 2.05) is 0 Å². The summed E-state index contributed by atoms with van der Waals surface area (Å²) in [5.74, 6) is 0. The first-order valence-corrected chi connectivity index (χ1v) is 5.70. The van der Waals surface area contributed by atoms with Crippen LogP contribution in [-0.2, 0) is 0 Å². The van der Waals surface area contributed by atoms with E-state index in [1.54, 1.807) is 0 Å². The molecule has 0 amide bonds. The third kappa shape index (κ3) is 7.06. The van der Waals surface area contributed by atoms with Gasteiger partial charge in [0.25, 0.3) is 0 Å². The predicted octanol–water partition coefficient (Wildman–Crippen LogP) is 3.54. The van der Waals surface area contributed by atoms with Crippen molar-refractivity contribution in [3.05, 3.63) is 0 Å². The number of nitrogens with zero attached hydrogens (tertiary/aromatic N) is 1. The van der Waals surface area contributed by atoms with Gasteiger partial charge < -0.3 is 4.90 Å². The molecule has 0 aromatic rings. The van der Waals surface area contributed by atoms with Crippen LogP contribution < -0.4 is 0 Å². The minimum atomic E-state index is 0.560. The molecule has 0 aliphatic rings. The summed E-state index contributed by atoms with van der Waals surface area (Å²) in [5.41, 5.74) is 0.560. The van der Waals surface area contributed by atoms with Crippen LogP contribution in [0.15, 0.2) is 0 Å². The fourth-order valence-corrected chi connectivity index (χ4v) is 1.32. The van der Waals surface area contributed by atoms with Crippen molar-refractivity contribution >= 4 is 0 Å². The van der Waals surface area contributed by atoms with Crippen LogP contribution in [0.5, 0.6) is 0 Å². The molecular weight excluding hydrogens is 158 g/mol. The summed E-state index contributed by atoms with van der Waals surface area (Å²) >= 11 is 0. The van der Waals surface area contributed by atoms with Gasteiger partial charge in [-0.05, 0) is 38.4 Å². The smallest absolute Gasteiger partial charge is 0.00219 e. The van der Waals surface area contributed by atoms with Gasteiger partial charge in [0.05, 0.1) is 0 Å². The maximum Gasteiger partial charge on any atom is -0.00219 e. The Hall–Kier alpha value is -0.0400. The van der Waals surface area contributed by atoms with Gasteiger partial charge in [-0.25, -0.2) is 0 Å². The van der Waals surface area contributed by atoms with Crippen LogP contribution in [0, 0.1) is 5.41 Å². The first-order valence-electron chi connectivity index (χ1n) is 5.70.